The zero-order valence-electron chi connectivity index (χ0n) is 17.5. The Morgan fingerprint density at radius 2 is 1.86 bits per heavy atom. The zero-order chi connectivity index (χ0) is 21.1. The quantitative estimate of drug-likeness (QED) is 0.696. The number of rotatable bonds is 6. The Morgan fingerprint density at radius 1 is 1.17 bits per heavy atom. The third-order valence-electron chi connectivity index (χ3n) is 5.19. The van der Waals surface area contributed by atoms with Crippen LogP contribution in [0.4, 0.5) is 4.39 Å². The Morgan fingerprint density at radius 3 is 2.48 bits per heavy atom. The predicted molar refractivity (Wildman–Crippen MR) is 114 cm³/mol. The van der Waals surface area contributed by atoms with Crippen molar-refractivity contribution in [1.29, 1.82) is 0 Å². The molecule has 1 aromatic carbocycles. The first kappa shape index (κ1) is 21.5. The van der Waals surface area contributed by atoms with Crippen LogP contribution in [0.3, 0.4) is 0 Å². The van der Waals surface area contributed by atoms with Crippen molar-refractivity contribution in [1.82, 2.24) is 9.80 Å². The first-order chi connectivity index (χ1) is 13.8. The number of thiophene rings is 1. The molecule has 2 aromatic rings. The van der Waals surface area contributed by atoms with Crippen LogP contribution in [0, 0.1) is 17.7 Å². The number of benzene rings is 1. The molecule has 0 radical (unpaired) electrons. The maximum Gasteiger partial charge on any atom is 0.242 e. The third kappa shape index (κ3) is 4.86. The van der Waals surface area contributed by atoms with E-state index >= 15 is 0 Å². The number of carbonyl (C=O) groups excluding carboxylic acids is 2. The van der Waals surface area contributed by atoms with Crippen LogP contribution < -0.4 is 0 Å². The van der Waals surface area contributed by atoms with E-state index in [4.69, 9.17) is 0 Å². The van der Waals surface area contributed by atoms with E-state index in [1.807, 2.05) is 38.0 Å². The maximum atomic E-state index is 13.5. The van der Waals surface area contributed by atoms with Crippen molar-refractivity contribution in [2.24, 2.45) is 11.8 Å². The number of fused-ring (bicyclic) bond motifs is 1. The standard InChI is InChI=1S/C23H29FN2O2S/c1-15(2)13-25(23(28)16(3)4)14-21(27)26-11-9-20-19(10-12-29-20)22(26)17-5-7-18(24)8-6-17/h5-8,10,12,15-16,22H,9,11,13-14H2,1-4H3. The van der Waals surface area contributed by atoms with Crippen LogP contribution >= 0.6 is 11.3 Å². The van der Waals surface area contributed by atoms with Gasteiger partial charge in [0.2, 0.25) is 11.8 Å². The molecule has 0 bridgehead atoms. The molecular weight excluding hydrogens is 387 g/mol. The second-order valence-corrected chi connectivity index (χ2v) is 9.36. The highest BCUT2D eigenvalue weighted by molar-refractivity contribution is 7.10. The molecule has 2 heterocycles. The summed E-state index contributed by atoms with van der Waals surface area (Å²) in [5, 5.41) is 2.04. The maximum absolute atomic E-state index is 13.5. The van der Waals surface area contributed by atoms with E-state index in [0.717, 1.165) is 17.5 Å². The van der Waals surface area contributed by atoms with E-state index in [2.05, 4.69) is 6.07 Å². The van der Waals surface area contributed by atoms with Gasteiger partial charge in [0.1, 0.15) is 5.82 Å². The Kier molecular flexibility index (Phi) is 6.73. The molecule has 156 valence electrons. The summed E-state index contributed by atoms with van der Waals surface area (Å²) >= 11 is 1.70. The molecule has 0 saturated heterocycles. The Labute approximate surface area is 176 Å². The monoisotopic (exact) mass is 416 g/mol. The lowest BCUT2D eigenvalue weighted by Crippen LogP contribution is -2.48. The highest BCUT2D eigenvalue weighted by Gasteiger charge is 2.34. The molecule has 3 rings (SSSR count). The summed E-state index contributed by atoms with van der Waals surface area (Å²) in [6, 6.07) is 8.18. The molecule has 0 fully saturated rings. The summed E-state index contributed by atoms with van der Waals surface area (Å²) in [6.45, 7) is 9.05. The average Bonchev–Trinajstić information content (AvgIpc) is 3.15. The summed E-state index contributed by atoms with van der Waals surface area (Å²) in [4.78, 5) is 30.8. The topological polar surface area (TPSA) is 40.6 Å². The molecule has 6 heteroatoms. The van der Waals surface area contributed by atoms with Gasteiger partial charge in [-0.3, -0.25) is 9.59 Å². The van der Waals surface area contributed by atoms with Gasteiger partial charge in [0, 0.05) is 23.9 Å². The van der Waals surface area contributed by atoms with Gasteiger partial charge in [-0.05, 0) is 47.0 Å². The van der Waals surface area contributed by atoms with Crippen LogP contribution in [0.2, 0.25) is 0 Å². The van der Waals surface area contributed by atoms with E-state index in [1.165, 1.54) is 17.0 Å². The van der Waals surface area contributed by atoms with Crippen molar-refractivity contribution in [3.8, 4) is 0 Å². The Hall–Kier alpha value is -2.21. The van der Waals surface area contributed by atoms with Crippen LogP contribution in [0.25, 0.3) is 0 Å². The van der Waals surface area contributed by atoms with E-state index < -0.39 is 0 Å². The molecule has 4 nitrogen and oxygen atoms in total. The lowest BCUT2D eigenvalue weighted by atomic mass is 9.93. The molecule has 1 unspecified atom stereocenters. The normalized spacial score (nSPS) is 16.2. The van der Waals surface area contributed by atoms with Gasteiger partial charge in [0.05, 0.1) is 12.6 Å². The molecule has 0 aliphatic carbocycles. The molecule has 2 amide bonds. The van der Waals surface area contributed by atoms with Crippen LogP contribution in [-0.4, -0.2) is 41.2 Å². The van der Waals surface area contributed by atoms with Crippen LogP contribution in [0.15, 0.2) is 35.7 Å². The van der Waals surface area contributed by atoms with Crippen LogP contribution in [0.1, 0.15) is 49.7 Å². The summed E-state index contributed by atoms with van der Waals surface area (Å²) in [6.07, 6.45) is 0.804. The number of hydrogen-bond acceptors (Lipinski definition) is 3. The number of hydrogen-bond donors (Lipinski definition) is 0. The van der Waals surface area contributed by atoms with Gasteiger partial charge < -0.3 is 9.80 Å². The van der Waals surface area contributed by atoms with Gasteiger partial charge in [-0.1, -0.05) is 39.8 Å². The SMILES string of the molecule is CC(C)CN(CC(=O)N1CCc2sccc2C1c1ccc(F)cc1)C(=O)C(C)C. The smallest absolute Gasteiger partial charge is 0.242 e. The van der Waals surface area contributed by atoms with Gasteiger partial charge in [-0.15, -0.1) is 11.3 Å². The first-order valence-corrected chi connectivity index (χ1v) is 11.1. The molecule has 1 atom stereocenters. The molecule has 29 heavy (non-hydrogen) atoms. The lowest BCUT2D eigenvalue weighted by molar-refractivity contribution is -0.143. The minimum absolute atomic E-state index is 0.00128. The number of carbonyl (C=O) groups is 2. The van der Waals surface area contributed by atoms with Crippen molar-refractivity contribution >= 4 is 23.2 Å². The number of halogens is 1. The van der Waals surface area contributed by atoms with E-state index in [-0.39, 0.29) is 42.1 Å². The highest BCUT2D eigenvalue weighted by Crippen LogP contribution is 2.38. The summed E-state index contributed by atoms with van der Waals surface area (Å²) in [5.74, 6) is -0.231. The van der Waals surface area contributed by atoms with Crippen molar-refractivity contribution in [3.05, 3.63) is 57.5 Å². The molecule has 1 aliphatic rings. The van der Waals surface area contributed by atoms with Gasteiger partial charge in [0.15, 0.2) is 0 Å². The van der Waals surface area contributed by atoms with Crippen molar-refractivity contribution in [2.75, 3.05) is 19.6 Å². The minimum atomic E-state index is -0.293. The summed E-state index contributed by atoms with van der Waals surface area (Å²) in [5.41, 5.74) is 2.00. The van der Waals surface area contributed by atoms with Crippen molar-refractivity contribution < 1.29 is 14.0 Å². The van der Waals surface area contributed by atoms with Gasteiger partial charge in [0.25, 0.3) is 0 Å². The summed E-state index contributed by atoms with van der Waals surface area (Å²) in [7, 11) is 0. The van der Waals surface area contributed by atoms with E-state index in [9.17, 15) is 14.0 Å². The van der Waals surface area contributed by atoms with Crippen molar-refractivity contribution in [3.63, 3.8) is 0 Å². The highest BCUT2D eigenvalue weighted by atomic mass is 32.1. The first-order valence-electron chi connectivity index (χ1n) is 10.2. The fourth-order valence-corrected chi connectivity index (χ4v) is 4.79. The lowest BCUT2D eigenvalue weighted by Gasteiger charge is -2.38. The fraction of sp³-hybridized carbons (Fsp3) is 0.478. The minimum Gasteiger partial charge on any atom is -0.333 e. The molecule has 1 aliphatic heterocycles. The number of nitrogens with zero attached hydrogens (tertiary/aromatic N) is 2. The van der Waals surface area contributed by atoms with Crippen molar-refractivity contribution in [2.45, 2.75) is 40.2 Å². The van der Waals surface area contributed by atoms with Gasteiger partial charge in [-0.2, -0.15) is 0 Å². The molecule has 0 spiro atoms. The van der Waals surface area contributed by atoms with E-state index in [1.54, 1.807) is 28.4 Å². The second-order valence-electron chi connectivity index (χ2n) is 8.36. The zero-order valence-corrected chi connectivity index (χ0v) is 18.3. The number of amides is 2. The summed E-state index contributed by atoms with van der Waals surface area (Å²) < 4.78 is 13.5. The van der Waals surface area contributed by atoms with E-state index in [0.29, 0.717) is 13.1 Å². The van der Waals surface area contributed by atoms with Crippen LogP contribution in [-0.2, 0) is 16.0 Å². The molecule has 0 N–H and O–H groups in total. The predicted octanol–water partition coefficient (Wildman–Crippen LogP) is 4.50. The fourth-order valence-electron chi connectivity index (χ4n) is 3.88. The third-order valence-corrected chi connectivity index (χ3v) is 6.19. The molecule has 1 aromatic heterocycles. The molecular formula is C23H29FN2O2S. The van der Waals surface area contributed by atoms with Crippen LogP contribution in [0.5, 0.6) is 0 Å². The largest absolute Gasteiger partial charge is 0.333 e. The average molecular weight is 417 g/mol. The Bertz CT molecular complexity index is 860. The van der Waals surface area contributed by atoms with Gasteiger partial charge >= 0.3 is 0 Å². The second kappa shape index (κ2) is 9.08. The van der Waals surface area contributed by atoms with Gasteiger partial charge in [-0.25, -0.2) is 4.39 Å². The molecule has 0 saturated carbocycles. The Balaban J connectivity index is 1.89.